The molecule has 1 aromatic rings. The van der Waals surface area contributed by atoms with Gasteiger partial charge in [-0.15, -0.1) is 0 Å². The number of thiophene rings is 1. The molecule has 0 atom stereocenters. The van der Waals surface area contributed by atoms with Gasteiger partial charge in [0.15, 0.2) is 5.06 Å². The molecule has 0 N–H and O–H groups in total. The molecular formula is C8H10Br2OS. The maximum Gasteiger partial charge on any atom is 0.174 e. The average molecular weight is 314 g/mol. The number of hydrogen-bond donors (Lipinski definition) is 0. The van der Waals surface area contributed by atoms with E-state index in [9.17, 15) is 0 Å². The van der Waals surface area contributed by atoms with Crippen molar-refractivity contribution in [3.8, 4) is 5.06 Å². The number of unbranched alkanes of at least 4 members (excludes halogenated alkanes) is 1. The highest BCUT2D eigenvalue weighted by Gasteiger charge is 1.96. The van der Waals surface area contributed by atoms with Crippen LogP contribution in [0.25, 0.3) is 0 Å². The Morgan fingerprint density at radius 3 is 2.75 bits per heavy atom. The first-order chi connectivity index (χ1) is 5.83. The summed E-state index contributed by atoms with van der Waals surface area (Å²) in [6.07, 6.45) is 2.29. The van der Waals surface area contributed by atoms with E-state index in [1.807, 2.05) is 12.1 Å². The van der Waals surface area contributed by atoms with Crippen LogP contribution in [0.2, 0.25) is 0 Å². The minimum absolute atomic E-state index is 0.818. The minimum atomic E-state index is 0.818. The van der Waals surface area contributed by atoms with Crippen molar-refractivity contribution < 1.29 is 4.74 Å². The molecule has 0 fully saturated rings. The van der Waals surface area contributed by atoms with Gasteiger partial charge in [-0.3, -0.25) is 0 Å². The van der Waals surface area contributed by atoms with Crippen LogP contribution < -0.4 is 4.74 Å². The van der Waals surface area contributed by atoms with E-state index in [1.54, 1.807) is 11.3 Å². The summed E-state index contributed by atoms with van der Waals surface area (Å²) in [7, 11) is 0. The largest absolute Gasteiger partial charge is 0.484 e. The molecule has 0 amide bonds. The lowest BCUT2D eigenvalue weighted by atomic mass is 10.4. The van der Waals surface area contributed by atoms with Crippen LogP contribution in [-0.4, -0.2) is 11.9 Å². The third-order valence-corrected chi connectivity index (χ3v) is 3.42. The lowest BCUT2D eigenvalue weighted by molar-refractivity contribution is 0.319. The average Bonchev–Trinajstić information content (AvgIpc) is 2.45. The van der Waals surface area contributed by atoms with Crippen LogP contribution in [0.1, 0.15) is 12.8 Å². The maximum atomic E-state index is 5.50. The van der Waals surface area contributed by atoms with E-state index in [0.29, 0.717) is 0 Å². The van der Waals surface area contributed by atoms with Gasteiger partial charge in [-0.1, -0.05) is 27.3 Å². The standard InChI is InChI=1S/C8H10Br2OS/c9-5-1-2-6-11-8-4-3-7(10)12-8/h3-4H,1-2,5-6H2. The fraction of sp³-hybridized carbons (Fsp3) is 0.500. The number of rotatable bonds is 5. The van der Waals surface area contributed by atoms with Crippen LogP contribution in [0.4, 0.5) is 0 Å². The van der Waals surface area contributed by atoms with E-state index in [2.05, 4.69) is 31.9 Å². The van der Waals surface area contributed by atoms with Crippen LogP contribution in [0.15, 0.2) is 15.9 Å². The number of hydrogen-bond acceptors (Lipinski definition) is 2. The molecular weight excluding hydrogens is 304 g/mol. The quantitative estimate of drug-likeness (QED) is 0.588. The molecule has 0 spiro atoms. The van der Waals surface area contributed by atoms with E-state index in [0.717, 1.165) is 27.2 Å². The van der Waals surface area contributed by atoms with Gasteiger partial charge >= 0.3 is 0 Å². The normalized spacial score (nSPS) is 10.2. The van der Waals surface area contributed by atoms with Gasteiger partial charge in [0.2, 0.25) is 0 Å². The molecule has 0 bridgehead atoms. The molecule has 0 aliphatic rings. The second-order valence-corrected chi connectivity index (χ2v) is 5.52. The summed E-state index contributed by atoms with van der Waals surface area (Å²) in [4.78, 5) is 0. The Balaban J connectivity index is 2.15. The minimum Gasteiger partial charge on any atom is -0.484 e. The zero-order chi connectivity index (χ0) is 8.81. The predicted octanol–water partition coefficient (Wildman–Crippen LogP) is 4.06. The molecule has 0 unspecified atom stereocenters. The van der Waals surface area contributed by atoms with Crippen molar-refractivity contribution >= 4 is 43.2 Å². The highest BCUT2D eigenvalue weighted by atomic mass is 79.9. The van der Waals surface area contributed by atoms with Gasteiger partial charge in [0, 0.05) is 5.33 Å². The zero-order valence-corrected chi connectivity index (χ0v) is 10.5. The Morgan fingerprint density at radius 1 is 1.33 bits per heavy atom. The monoisotopic (exact) mass is 312 g/mol. The van der Waals surface area contributed by atoms with Gasteiger partial charge in [-0.2, -0.15) is 0 Å². The highest BCUT2D eigenvalue weighted by molar-refractivity contribution is 9.11. The second-order valence-electron chi connectivity index (χ2n) is 2.30. The molecule has 1 aromatic heterocycles. The van der Waals surface area contributed by atoms with Crippen molar-refractivity contribution in [3.63, 3.8) is 0 Å². The van der Waals surface area contributed by atoms with Crippen LogP contribution >= 0.6 is 43.2 Å². The third-order valence-electron chi connectivity index (χ3n) is 1.32. The third kappa shape index (κ3) is 3.92. The van der Waals surface area contributed by atoms with Crippen LogP contribution in [0.5, 0.6) is 5.06 Å². The van der Waals surface area contributed by atoms with Gasteiger partial charge in [0.25, 0.3) is 0 Å². The molecule has 12 heavy (non-hydrogen) atoms. The first kappa shape index (κ1) is 10.5. The molecule has 1 nitrogen and oxygen atoms in total. The second kappa shape index (κ2) is 6.00. The zero-order valence-electron chi connectivity index (χ0n) is 6.56. The summed E-state index contributed by atoms with van der Waals surface area (Å²) in [5.41, 5.74) is 0. The molecule has 0 saturated heterocycles. The van der Waals surface area contributed by atoms with Crippen molar-refractivity contribution in [1.29, 1.82) is 0 Å². The van der Waals surface area contributed by atoms with E-state index < -0.39 is 0 Å². The Bertz CT molecular complexity index is 225. The Labute approximate surface area is 93.4 Å². The molecule has 1 heterocycles. The van der Waals surface area contributed by atoms with E-state index in [1.165, 1.54) is 6.42 Å². The highest BCUT2D eigenvalue weighted by Crippen LogP contribution is 2.28. The van der Waals surface area contributed by atoms with E-state index in [4.69, 9.17) is 4.74 Å². The number of alkyl halides is 1. The van der Waals surface area contributed by atoms with Gasteiger partial charge < -0.3 is 4.74 Å². The fourth-order valence-electron chi connectivity index (χ4n) is 0.745. The summed E-state index contributed by atoms with van der Waals surface area (Å²) in [6.45, 7) is 0.818. The first-order valence-corrected chi connectivity index (χ1v) is 6.50. The molecule has 0 aromatic carbocycles. The number of ether oxygens (including phenoxy) is 1. The molecule has 68 valence electrons. The Hall–Kier alpha value is 0.460. The number of halogens is 2. The lowest BCUT2D eigenvalue weighted by Crippen LogP contribution is -1.95. The van der Waals surface area contributed by atoms with Crippen LogP contribution in [0, 0.1) is 0 Å². The van der Waals surface area contributed by atoms with Crippen molar-refractivity contribution in [1.82, 2.24) is 0 Å². The smallest absolute Gasteiger partial charge is 0.174 e. The van der Waals surface area contributed by atoms with Gasteiger partial charge in [0.05, 0.1) is 10.4 Å². The molecule has 1 rings (SSSR count). The molecule has 0 saturated carbocycles. The molecule has 4 heteroatoms. The molecule has 0 aliphatic carbocycles. The Kier molecular flexibility index (Phi) is 5.27. The maximum absolute atomic E-state index is 5.50. The summed E-state index contributed by atoms with van der Waals surface area (Å²) in [6, 6.07) is 3.99. The van der Waals surface area contributed by atoms with Gasteiger partial charge in [0.1, 0.15) is 0 Å². The molecule has 0 radical (unpaired) electrons. The van der Waals surface area contributed by atoms with Gasteiger partial charge in [-0.05, 0) is 40.9 Å². The summed E-state index contributed by atoms with van der Waals surface area (Å²) < 4.78 is 6.62. The SMILES string of the molecule is BrCCCCOc1ccc(Br)s1. The van der Waals surface area contributed by atoms with Crippen molar-refractivity contribution in [2.75, 3.05) is 11.9 Å². The van der Waals surface area contributed by atoms with Gasteiger partial charge in [-0.25, -0.2) is 0 Å². The Morgan fingerprint density at radius 2 is 2.17 bits per heavy atom. The van der Waals surface area contributed by atoms with Crippen molar-refractivity contribution in [3.05, 3.63) is 15.9 Å². The van der Waals surface area contributed by atoms with Crippen LogP contribution in [-0.2, 0) is 0 Å². The fourth-order valence-corrected chi connectivity index (χ4v) is 2.36. The first-order valence-electron chi connectivity index (χ1n) is 3.77. The summed E-state index contributed by atoms with van der Waals surface area (Å²) in [5, 5.41) is 2.06. The molecule has 0 aliphatic heterocycles. The summed E-state index contributed by atoms with van der Waals surface area (Å²) in [5.74, 6) is 0. The summed E-state index contributed by atoms with van der Waals surface area (Å²) >= 11 is 8.39. The van der Waals surface area contributed by atoms with Crippen molar-refractivity contribution in [2.45, 2.75) is 12.8 Å². The van der Waals surface area contributed by atoms with Crippen molar-refractivity contribution in [2.24, 2.45) is 0 Å². The lowest BCUT2D eigenvalue weighted by Gasteiger charge is -2.00. The topological polar surface area (TPSA) is 9.23 Å². The van der Waals surface area contributed by atoms with Crippen LogP contribution in [0.3, 0.4) is 0 Å². The predicted molar refractivity (Wildman–Crippen MR) is 60.5 cm³/mol. The van der Waals surface area contributed by atoms with E-state index >= 15 is 0 Å². The van der Waals surface area contributed by atoms with E-state index in [-0.39, 0.29) is 0 Å².